The molecule has 0 saturated carbocycles. The van der Waals surface area contributed by atoms with E-state index in [4.69, 9.17) is 4.74 Å². The zero-order chi connectivity index (χ0) is 19.3. The Balaban J connectivity index is 1.53. The van der Waals surface area contributed by atoms with E-state index >= 15 is 0 Å². The van der Waals surface area contributed by atoms with E-state index in [-0.39, 0.29) is 12.5 Å². The third-order valence-electron chi connectivity index (χ3n) is 4.94. The Hall–Kier alpha value is -3.22. The number of carbonyl (C=O) groups is 2. The fourth-order valence-corrected chi connectivity index (χ4v) is 3.49. The lowest BCUT2D eigenvalue weighted by atomic mass is 10.1. The summed E-state index contributed by atoms with van der Waals surface area (Å²) in [5.41, 5.74) is 2.13. The van der Waals surface area contributed by atoms with Crippen LogP contribution in [0.25, 0.3) is 11.0 Å². The number of aromatic nitrogens is 3. The third-order valence-corrected chi connectivity index (χ3v) is 4.94. The van der Waals surface area contributed by atoms with Crippen molar-refractivity contribution in [3.8, 4) is 0 Å². The van der Waals surface area contributed by atoms with Crippen molar-refractivity contribution >= 4 is 22.9 Å². The number of benzene rings is 2. The standard InChI is InChI=1S/C21H22N4O3/c26-19(15-25-18-12-6-5-11-17(18)22-23-25)28-20(16-9-3-1-4-10-16)21(27)24-13-7-2-8-14-24/h1,3-6,9-12,20H,2,7-8,13-15H2. The molecule has 1 amide bonds. The monoisotopic (exact) mass is 378 g/mol. The molecule has 1 saturated heterocycles. The van der Waals surface area contributed by atoms with Crippen LogP contribution >= 0.6 is 0 Å². The van der Waals surface area contributed by atoms with Crippen LogP contribution in [0.1, 0.15) is 30.9 Å². The van der Waals surface area contributed by atoms with Crippen LogP contribution in [0.3, 0.4) is 0 Å². The smallest absolute Gasteiger partial charge is 0.328 e. The average Bonchev–Trinajstić information content (AvgIpc) is 3.15. The van der Waals surface area contributed by atoms with Crippen molar-refractivity contribution in [3.63, 3.8) is 0 Å². The molecule has 144 valence electrons. The summed E-state index contributed by atoms with van der Waals surface area (Å²) in [6.07, 6.45) is 2.14. The highest BCUT2D eigenvalue weighted by Gasteiger charge is 2.30. The molecular formula is C21H22N4O3. The first-order valence-electron chi connectivity index (χ1n) is 9.54. The van der Waals surface area contributed by atoms with Gasteiger partial charge in [0, 0.05) is 18.7 Å². The molecule has 1 unspecified atom stereocenters. The first kappa shape index (κ1) is 18.2. The predicted molar refractivity (Wildman–Crippen MR) is 103 cm³/mol. The summed E-state index contributed by atoms with van der Waals surface area (Å²) in [7, 11) is 0. The highest BCUT2D eigenvalue weighted by Crippen LogP contribution is 2.23. The number of para-hydroxylation sites is 1. The van der Waals surface area contributed by atoms with E-state index in [0.717, 1.165) is 24.8 Å². The molecule has 1 aliphatic heterocycles. The minimum atomic E-state index is -0.943. The van der Waals surface area contributed by atoms with Gasteiger partial charge in [-0.05, 0) is 31.4 Å². The van der Waals surface area contributed by atoms with Crippen LogP contribution in [0.4, 0.5) is 0 Å². The molecule has 1 fully saturated rings. The molecule has 1 aromatic heterocycles. The lowest BCUT2D eigenvalue weighted by Crippen LogP contribution is -2.40. The van der Waals surface area contributed by atoms with E-state index in [1.807, 2.05) is 54.6 Å². The number of amides is 1. The summed E-state index contributed by atoms with van der Waals surface area (Å²) >= 11 is 0. The molecule has 4 rings (SSSR count). The summed E-state index contributed by atoms with van der Waals surface area (Å²) in [5, 5.41) is 8.07. The first-order chi connectivity index (χ1) is 13.7. The summed E-state index contributed by atoms with van der Waals surface area (Å²) in [4.78, 5) is 27.5. The zero-order valence-corrected chi connectivity index (χ0v) is 15.5. The van der Waals surface area contributed by atoms with Gasteiger partial charge in [0.05, 0.1) is 5.52 Å². The van der Waals surface area contributed by atoms with Gasteiger partial charge in [0.1, 0.15) is 12.1 Å². The molecule has 0 bridgehead atoms. The van der Waals surface area contributed by atoms with Gasteiger partial charge in [-0.15, -0.1) is 5.10 Å². The second-order valence-electron chi connectivity index (χ2n) is 6.90. The van der Waals surface area contributed by atoms with Crippen molar-refractivity contribution in [1.82, 2.24) is 19.9 Å². The number of carbonyl (C=O) groups excluding carboxylic acids is 2. The molecule has 28 heavy (non-hydrogen) atoms. The summed E-state index contributed by atoms with van der Waals surface area (Å²) in [6, 6.07) is 16.6. The van der Waals surface area contributed by atoms with Crippen LogP contribution in [0.15, 0.2) is 54.6 Å². The van der Waals surface area contributed by atoms with Gasteiger partial charge in [0.2, 0.25) is 6.10 Å². The van der Waals surface area contributed by atoms with Gasteiger partial charge < -0.3 is 9.64 Å². The van der Waals surface area contributed by atoms with Gasteiger partial charge >= 0.3 is 5.97 Å². The molecule has 7 heteroatoms. The highest BCUT2D eigenvalue weighted by atomic mass is 16.5. The van der Waals surface area contributed by atoms with Crippen LogP contribution in [0, 0.1) is 0 Å². The second-order valence-corrected chi connectivity index (χ2v) is 6.90. The number of hydrogen-bond acceptors (Lipinski definition) is 5. The summed E-state index contributed by atoms with van der Waals surface area (Å²) < 4.78 is 7.15. The largest absolute Gasteiger partial charge is 0.446 e. The van der Waals surface area contributed by atoms with E-state index < -0.39 is 12.1 Å². The van der Waals surface area contributed by atoms with Crippen molar-refractivity contribution in [1.29, 1.82) is 0 Å². The minimum absolute atomic E-state index is 0.100. The number of nitrogens with zero attached hydrogens (tertiary/aromatic N) is 4. The lowest BCUT2D eigenvalue weighted by molar-refractivity contribution is -0.162. The normalized spacial score (nSPS) is 15.4. The molecule has 1 aliphatic rings. The van der Waals surface area contributed by atoms with E-state index in [2.05, 4.69) is 10.3 Å². The molecule has 7 nitrogen and oxygen atoms in total. The quantitative estimate of drug-likeness (QED) is 0.638. The maximum atomic E-state index is 13.1. The van der Waals surface area contributed by atoms with Crippen LogP contribution in [-0.4, -0.2) is 44.9 Å². The minimum Gasteiger partial charge on any atom is -0.446 e. The molecular weight excluding hydrogens is 356 g/mol. The lowest BCUT2D eigenvalue weighted by Gasteiger charge is -2.30. The Bertz CT molecular complexity index is 964. The van der Waals surface area contributed by atoms with Crippen molar-refractivity contribution in [3.05, 3.63) is 60.2 Å². The van der Waals surface area contributed by atoms with Gasteiger partial charge in [-0.25, -0.2) is 4.68 Å². The topological polar surface area (TPSA) is 77.3 Å². The molecule has 0 N–H and O–H groups in total. The van der Waals surface area contributed by atoms with Crippen molar-refractivity contribution in [2.24, 2.45) is 0 Å². The second kappa shape index (κ2) is 8.21. The Labute approximate surface area is 162 Å². The number of ether oxygens (including phenoxy) is 1. The number of rotatable bonds is 5. The van der Waals surface area contributed by atoms with Crippen LogP contribution in [0.5, 0.6) is 0 Å². The number of piperidine rings is 1. The maximum Gasteiger partial charge on any atom is 0.328 e. The summed E-state index contributed by atoms with van der Waals surface area (Å²) in [5.74, 6) is -0.683. The molecule has 3 aromatic rings. The number of fused-ring (bicyclic) bond motifs is 1. The van der Waals surface area contributed by atoms with Gasteiger partial charge in [0.15, 0.2) is 0 Å². The molecule has 0 spiro atoms. The van der Waals surface area contributed by atoms with Crippen LogP contribution in [-0.2, 0) is 20.9 Å². The van der Waals surface area contributed by atoms with Crippen molar-refractivity contribution in [2.45, 2.75) is 31.9 Å². The van der Waals surface area contributed by atoms with E-state index in [1.54, 1.807) is 4.90 Å². The Morgan fingerprint density at radius 2 is 1.68 bits per heavy atom. The fraction of sp³-hybridized carbons (Fsp3) is 0.333. The zero-order valence-electron chi connectivity index (χ0n) is 15.5. The molecule has 0 radical (unpaired) electrons. The van der Waals surface area contributed by atoms with Gasteiger partial charge in [-0.2, -0.15) is 0 Å². The number of likely N-dealkylation sites (tertiary alicyclic amines) is 1. The van der Waals surface area contributed by atoms with Crippen LogP contribution < -0.4 is 0 Å². The fourth-order valence-electron chi connectivity index (χ4n) is 3.49. The molecule has 1 atom stereocenters. The first-order valence-corrected chi connectivity index (χ1v) is 9.54. The Kier molecular flexibility index (Phi) is 5.32. The highest BCUT2D eigenvalue weighted by molar-refractivity contribution is 5.85. The number of esters is 1. The molecule has 2 aromatic carbocycles. The maximum absolute atomic E-state index is 13.1. The van der Waals surface area contributed by atoms with Crippen LogP contribution in [0.2, 0.25) is 0 Å². The van der Waals surface area contributed by atoms with Gasteiger partial charge in [-0.1, -0.05) is 47.7 Å². The Morgan fingerprint density at radius 1 is 0.964 bits per heavy atom. The summed E-state index contributed by atoms with van der Waals surface area (Å²) in [6.45, 7) is 1.30. The SMILES string of the molecule is O=C(Cn1nnc2ccccc21)OC(C(=O)N1CCCCC1)c1ccccc1. The van der Waals surface area contributed by atoms with E-state index in [0.29, 0.717) is 24.2 Å². The van der Waals surface area contributed by atoms with Crippen molar-refractivity contribution in [2.75, 3.05) is 13.1 Å². The van der Waals surface area contributed by atoms with E-state index in [9.17, 15) is 9.59 Å². The van der Waals surface area contributed by atoms with Gasteiger partial charge in [-0.3, -0.25) is 9.59 Å². The average molecular weight is 378 g/mol. The van der Waals surface area contributed by atoms with E-state index in [1.165, 1.54) is 4.68 Å². The molecule has 2 heterocycles. The Morgan fingerprint density at radius 3 is 2.46 bits per heavy atom. The molecule has 0 aliphatic carbocycles. The third kappa shape index (κ3) is 3.88. The van der Waals surface area contributed by atoms with Crippen molar-refractivity contribution < 1.29 is 14.3 Å². The predicted octanol–water partition coefficient (Wildman–Crippen LogP) is 2.73. The number of hydrogen-bond donors (Lipinski definition) is 0. The van der Waals surface area contributed by atoms with Gasteiger partial charge in [0.25, 0.3) is 5.91 Å².